The maximum Gasteiger partial charge on any atom is 0.0679 e. The van der Waals surface area contributed by atoms with E-state index in [1.807, 2.05) is 7.05 Å². The Hall–Kier alpha value is 1.02. The number of aliphatic hydroxyl groups excluding tert-OH is 1. The van der Waals surface area contributed by atoms with E-state index in [4.69, 9.17) is 5.11 Å². The molecule has 1 N–H and O–H groups in total. The molecule has 8 heavy (non-hydrogen) atoms. The van der Waals surface area contributed by atoms with Crippen LogP contribution >= 0.6 is 0 Å². The van der Waals surface area contributed by atoms with Crippen LogP contribution in [0.2, 0.25) is 0 Å². The van der Waals surface area contributed by atoms with Crippen molar-refractivity contribution in [3.05, 3.63) is 0 Å². The van der Waals surface area contributed by atoms with Crippen molar-refractivity contribution in [2.75, 3.05) is 20.1 Å². The van der Waals surface area contributed by atoms with Crippen molar-refractivity contribution < 1.29 is 37.8 Å². The number of aliphatic hydroxyl groups is 1. The van der Waals surface area contributed by atoms with Gasteiger partial charge in [0.15, 0.2) is 0 Å². The first-order valence-corrected chi connectivity index (χ1v) is 2.65. The second-order valence-electron chi connectivity index (χ2n) is 2.20. The molecule has 45 valence electrons. The predicted octanol–water partition coefficient (Wildman–Crippen LogP) is -0.320. The number of likely N-dealkylation sites (tertiary alicyclic amines) is 1. The average Bonchev–Trinajstić information content (AvgIpc) is 1.87. The fraction of sp³-hybridized carbons (Fsp3) is 1.00. The van der Waals surface area contributed by atoms with Crippen LogP contribution in [0.1, 0.15) is 6.42 Å². The zero-order chi connectivity index (χ0) is 5.28. The Bertz CT molecular complexity index is 61.4. The van der Waals surface area contributed by atoms with Crippen molar-refractivity contribution in [2.24, 2.45) is 0 Å². The van der Waals surface area contributed by atoms with Crippen LogP contribution < -0.4 is 0 Å². The van der Waals surface area contributed by atoms with E-state index in [1.165, 1.54) is 0 Å². The van der Waals surface area contributed by atoms with Crippen molar-refractivity contribution in [1.29, 1.82) is 0 Å². The molecule has 0 aromatic heterocycles. The zero-order valence-corrected chi connectivity index (χ0v) is 8.01. The third-order valence-corrected chi connectivity index (χ3v) is 1.37. The van der Waals surface area contributed by atoms with Crippen molar-refractivity contribution in [3.8, 4) is 0 Å². The second kappa shape index (κ2) is 3.94. The first kappa shape index (κ1) is 9.02. The third kappa shape index (κ3) is 2.54. The Kier molecular flexibility index (Phi) is 4.44. The normalized spacial score (nSPS) is 30.0. The standard InChI is InChI=1S/C5H11NO.Y/c1-6-3-2-5(7)4-6;/h5,7H,2-4H2,1H3;. The van der Waals surface area contributed by atoms with Gasteiger partial charge in [-0.05, 0) is 13.5 Å². The third-order valence-electron chi connectivity index (χ3n) is 1.37. The summed E-state index contributed by atoms with van der Waals surface area (Å²) in [5, 5.41) is 8.86. The molecule has 0 aliphatic carbocycles. The summed E-state index contributed by atoms with van der Waals surface area (Å²) in [5.74, 6) is 0. The quantitative estimate of drug-likeness (QED) is 0.565. The molecule has 1 heterocycles. The van der Waals surface area contributed by atoms with Gasteiger partial charge in [-0.1, -0.05) is 0 Å². The molecule has 0 saturated carbocycles. The molecule has 1 saturated heterocycles. The first-order valence-electron chi connectivity index (χ1n) is 2.65. The van der Waals surface area contributed by atoms with E-state index >= 15 is 0 Å². The van der Waals surface area contributed by atoms with Gasteiger partial charge in [0.25, 0.3) is 0 Å². The van der Waals surface area contributed by atoms with E-state index in [1.54, 1.807) is 0 Å². The summed E-state index contributed by atoms with van der Waals surface area (Å²) in [6.07, 6.45) is 0.904. The number of hydrogen-bond acceptors (Lipinski definition) is 2. The van der Waals surface area contributed by atoms with Gasteiger partial charge in [0.1, 0.15) is 0 Å². The molecule has 3 heteroatoms. The van der Waals surface area contributed by atoms with Crippen LogP contribution in [0, 0.1) is 0 Å². The molecular weight excluding hydrogens is 179 g/mol. The number of β-amino-alcohol motifs (C(OH)–C–C–N with tert-alkyl or cyclic N) is 1. The van der Waals surface area contributed by atoms with Gasteiger partial charge in [-0.15, -0.1) is 0 Å². The van der Waals surface area contributed by atoms with E-state index in [0.717, 1.165) is 19.5 Å². The predicted molar refractivity (Wildman–Crippen MR) is 28.1 cm³/mol. The molecule has 0 aromatic carbocycles. The molecular formula is C5H11NOY. The molecule has 0 spiro atoms. The van der Waals surface area contributed by atoms with Crippen molar-refractivity contribution >= 4 is 0 Å². The van der Waals surface area contributed by atoms with Gasteiger partial charge in [0.2, 0.25) is 0 Å². The molecule has 0 bridgehead atoms. The van der Waals surface area contributed by atoms with Crippen LogP contribution in [0.4, 0.5) is 0 Å². The van der Waals surface area contributed by atoms with Crippen LogP contribution in [0.5, 0.6) is 0 Å². The van der Waals surface area contributed by atoms with E-state index in [9.17, 15) is 0 Å². The largest absolute Gasteiger partial charge is 0.392 e. The summed E-state index contributed by atoms with van der Waals surface area (Å²) in [6.45, 7) is 1.92. The summed E-state index contributed by atoms with van der Waals surface area (Å²) in [6, 6.07) is 0. The van der Waals surface area contributed by atoms with Gasteiger partial charge in [0.05, 0.1) is 6.10 Å². The van der Waals surface area contributed by atoms with Crippen molar-refractivity contribution in [1.82, 2.24) is 4.90 Å². The average molecular weight is 190 g/mol. The van der Waals surface area contributed by atoms with E-state index in [0.29, 0.717) is 0 Å². The Balaban J connectivity index is 0.000000490. The SMILES string of the molecule is CN1CCC(O)C1.[Y]. The Morgan fingerprint density at radius 2 is 2.25 bits per heavy atom. The minimum Gasteiger partial charge on any atom is -0.392 e. The van der Waals surface area contributed by atoms with E-state index in [2.05, 4.69) is 4.90 Å². The molecule has 2 nitrogen and oxygen atoms in total. The number of nitrogens with zero attached hydrogens (tertiary/aromatic N) is 1. The fourth-order valence-electron chi connectivity index (χ4n) is 0.912. The Labute approximate surface area is 75.1 Å². The van der Waals surface area contributed by atoms with Gasteiger partial charge in [-0.25, -0.2) is 0 Å². The van der Waals surface area contributed by atoms with Crippen LogP contribution in [0.3, 0.4) is 0 Å². The monoisotopic (exact) mass is 190 g/mol. The summed E-state index contributed by atoms with van der Waals surface area (Å²) in [7, 11) is 2.02. The van der Waals surface area contributed by atoms with Crippen molar-refractivity contribution in [3.63, 3.8) is 0 Å². The number of hydrogen-bond donors (Lipinski definition) is 1. The minimum atomic E-state index is -0.0509. The molecule has 1 radical (unpaired) electrons. The summed E-state index contributed by atoms with van der Waals surface area (Å²) in [5.41, 5.74) is 0. The van der Waals surface area contributed by atoms with Crippen molar-refractivity contribution in [2.45, 2.75) is 12.5 Å². The van der Waals surface area contributed by atoms with Crippen LogP contribution in [-0.4, -0.2) is 36.2 Å². The molecule has 1 atom stereocenters. The van der Waals surface area contributed by atoms with E-state index in [-0.39, 0.29) is 38.8 Å². The minimum absolute atomic E-state index is 0. The molecule has 1 aliphatic rings. The molecule has 0 aromatic rings. The van der Waals surface area contributed by atoms with Gasteiger partial charge in [-0.2, -0.15) is 0 Å². The number of likely N-dealkylation sites (N-methyl/N-ethyl adjacent to an activating group) is 1. The van der Waals surface area contributed by atoms with Crippen LogP contribution in [0.25, 0.3) is 0 Å². The Morgan fingerprint density at radius 3 is 2.38 bits per heavy atom. The molecule has 1 rings (SSSR count). The smallest absolute Gasteiger partial charge is 0.0679 e. The summed E-state index contributed by atoms with van der Waals surface area (Å²) >= 11 is 0. The molecule has 1 aliphatic heterocycles. The van der Waals surface area contributed by atoms with Gasteiger partial charge >= 0.3 is 0 Å². The van der Waals surface area contributed by atoms with Gasteiger partial charge in [0, 0.05) is 45.8 Å². The fourth-order valence-corrected chi connectivity index (χ4v) is 0.912. The topological polar surface area (TPSA) is 23.5 Å². The van der Waals surface area contributed by atoms with Crippen LogP contribution in [0.15, 0.2) is 0 Å². The maximum absolute atomic E-state index is 8.86. The van der Waals surface area contributed by atoms with Gasteiger partial charge in [-0.3, -0.25) is 0 Å². The Morgan fingerprint density at radius 1 is 1.62 bits per heavy atom. The van der Waals surface area contributed by atoms with Crippen LogP contribution in [-0.2, 0) is 32.7 Å². The number of rotatable bonds is 0. The summed E-state index contributed by atoms with van der Waals surface area (Å²) in [4.78, 5) is 2.13. The maximum atomic E-state index is 8.86. The second-order valence-corrected chi connectivity index (χ2v) is 2.20. The zero-order valence-electron chi connectivity index (χ0n) is 5.17. The molecule has 1 fully saturated rings. The van der Waals surface area contributed by atoms with Gasteiger partial charge < -0.3 is 10.0 Å². The van der Waals surface area contributed by atoms with E-state index < -0.39 is 0 Å². The molecule has 1 unspecified atom stereocenters. The molecule has 0 amide bonds. The first-order chi connectivity index (χ1) is 3.29. The summed E-state index contributed by atoms with van der Waals surface area (Å²) < 4.78 is 0.